The van der Waals surface area contributed by atoms with E-state index in [1.54, 1.807) is 0 Å². The summed E-state index contributed by atoms with van der Waals surface area (Å²) >= 11 is 6.98. The van der Waals surface area contributed by atoms with Crippen LogP contribution >= 0.6 is 31.9 Å². The molecular formula is C15H21Br2NO. The molecule has 0 radical (unpaired) electrons. The summed E-state index contributed by atoms with van der Waals surface area (Å²) in [6.07, 6.45) is 6.94. The highest BCUT2D eigenvalue weighted by Crippen LogP contribution is 2.29. The van der Waals surface area contributed by atoms with Crippen LogP contribution in [0.3, 0.4) is 0 Å². The first kappa shape index (κ1) is 15.3. The Morgan fingerprint density at radius 3 is 2.68 bits per heavy atom. The first-order valence-corrected chi connectivity index (χ1v) is 8.59. The smallest absolute Gasteiger partial charge is 0.134 e. The number of rotatable bonds is 5. The second kappa shape index (κ2) is 7.65. The van der Waals surface area contributed by atoms with Gasteiger partial charge in [0.2, 0.25) is 0 Å². The fourth-order valence-corrected chi connectivity index (χ4v) is 3.61. The summed E-state index contributed by atoms with van der Waals surface area (Å²) in [6.45, 7) is 3.03. The third-order valence-corrected chi connectivity index (χ3v) is 4.63. The number of hydrogen-bond donors (Lipinski definition) is 1. The molecule has 4 heteroatoms. The minimum Gasteiger partial charge on any atom is -0.488 e. The molecule has 1 saturated carbocycles. The summed E-state index contributed by atoms with van der Waals surface area (Å²) in [6, 6.07) is 6.69. The van der Waals surface area contributed by atoms with Gasteiger partial charge in [-0.15, -0.1) is 0 Å². The molecule has 1 N–H and O–H groups in total. The molecule has 0 saturated heterocycles. The van der Waals surface area contributed by atoms with Crippen molar-refractivity contribution in [1.82, 2.24) is 5.32 Å². The Kier molecular flexibility index (Phi) is 6.17. The van der Waals surface area contributed by atoms with Gasteiger partial charge in [0, 0.05) is 17.1 Å². The molecule has 0 amide bonds. The lowest BCUT2D eigenvalue weighted by atomic mass is 9.95. The van der Waals surface area contributed by atoms with E-state index in [4.69, 9.17) is 4.74 Å². The Morgan fingerprint density at radius 1 is 1.26 bits per heavy atom. The van der Waals surface area contributed by atoms with E-state index in [0.29, 0.717) is 6.04 Å². The zero-order valence-corrected chi connectivity index (χ0v) is 14.5. The molecule has 2 rings (SSSR count). The Bertz CT molecular complexity index is 405. The van der Waals surface area contributed by atoms with Crippen molar-refractivity contribution >= 4 is 31.9 Å². The average Bonchev–Trinajstić information content (AvgIpc) is 2.41. The van der Waals surface area contributed by atoms with Crippen molar-refractivity contribution in [2.24, 2.45) is 0 Å². The Morgan fingerprint density at radius 2 is 2.00 bits per heavy atom. The quantitative estimate of drug-likeness (QED) is 0.771. The van der Waals surface area contributed by atoms with E-state index in [1.165, 1.54) is 32.1 Å². The van der Waals surface area contributed by atoms with Gasteiger partial charge in [-0.05, 0) is 53.9 Å². The fourth-order valence-electron chi connectivity index (χ4n) is 2.47. The largest absolute Gasteiger partial charge is 0.488 e. The highest BCUT2D eigenvalue weighted by atomic mass is 79.9. The van der Waals surface area contributed by atoms with E-state index in [9.17, 15) is 0 Å². The van der Waals surface area contributed by atoms with Gasteiger partial charge in [0.25, 0.3) is 0 Å². The van der Waals surface area contributed by atoms with Crippen LogP contribution in [0.5, 0.6) is 5.75 Å². The van der Waals surface area contributed by atoms with Crippen molar-refractivity contribution in [3.63, 3.8) is 0 Å². The van der Waals surface area contributed by atoms with Crippen LogP contribution in [0.1, 0.15) is 39.0 Å². The minimum atomic E-state index is 0.180. The summed E-state index contributed by atoms with van der Waals surface area (Å²) in [5.74, 6) is 0.904. The van der Waals surface area contributed by atoms with Crippen LogP contribution in [0.4, 0.5) is 0 Å². The van der Waals surface area contributed by atoms with E-state index in [1.807, 2.05) is 18.2 Å². The van der Waals surface area contributed by atoms with E-state index in [-0.39, 0.29) is 6.10 Å². The molecule has 1 unspecified atom stereocenters. The van der Waals surface area contributed by atoms with Crippen molar-refractivity contribution in [2.45, 2.75) is 51.2 Å². The summed E-state index contributed by atoms with van der Waals surface area (Å²) in [7, 11) is 0. The zero-order valence-electron chi connectivity index (χ0n) is 11.3. The fraction of sp³-hybridized carbons (Fsp3) is 0.600. The minimum absolute atomic E-state index is 0.180. The molecule has 0 aliphatic heterocycles. The Balaban J connectivity index is 1.78. The standard InChI is InChI=1S/C15H21Br2NO/c1-11(10-18-13-5-3-2-4-6-13)19-15-8-7-12(16)9-14(15)17/h7-9,11,13,18H,2-6,10H2,1H3. The SMILES string of the molecule is CC(CNC1CCCCC1)Oc1ccc(Br)cc1Br. The molecule has 1 aromatic carbocycles. The summed E-state index contributed by atoms with van der Waals surface area (Å²) in [5.41, 5.74) is 0. The first-order chi connectivity index (χ1) is 9.15. The van der Waals surface area contributed by atoms with E-state index < -0.39 is 0 Å². The van der Waals surface area contributed by atoms with Crippen LogP contribution in [0, 0.1) is 0 Å². The Hall–Kier alpha value is -0.0600. The molecule has 0 heterocycles. The van der Waals surface area contributed by atoms with Gasteiger partial charge in [0.15, 0.2) is 0 Å². The number of halogens is 2. The predicted molar refractivity (Wildman–Crippen MR) is 86.8 cm³/mol. The lowest BCUT2D eigenvalue weighted by Crippen LogP contribution is -2.37. The molecular weight excluding hydrogens is 370 g/mol. The second-order valence-electron chi connectivity index (χ2n) is 5.25. The van der Waals surface area contributed by atoms with Crippen molar-refractivity contribution in [3.05, 3.63) is 27.1 Å². The highest BCUT2D eigenvalue weighted by molar-refractivity contribution is 9.11. The van der Waals surface area contributed by atoms with Gasteiger partial charge in [-0.25, -0.2) is 0 Å². The molecule has 1 aromatic rings. The summed E-state index contributed by atoms with van der Waals surface area (Å²) in [4.78, 5) is 0. The third kappa shape index (κ3) is 5.09. The molecule has 19 heavy (non-hydrogen) atoms. The highest BCUT2D eigenvalue weighted by Gasteiger charge is 2.14. The predicted octanol–water partition coefficient (Wildman–Crippen LogP) is 4.90. The van der Waals surface area contributed by atoms with E-state index in [0.717, 1.165) is 21.2 Å². The molecule has 106 valence electrons. The van der Waals surface area contributed by atoms with Crippen molar-refractivity contribution in [1.29, 1.82) is 0 Å². The van der Waals surface area contributed by atoms with E-state index >= 15 is 0 Å². The normalized spacial score (nSPS) is 18.3. The topological polar surface area (TPSA) is 21.3 Å². The average molecular weight is 391 g/mol. The number of nitrogens with one attached hydrogen (secondary N) is 1. The first-order valence-electron chi connectivity index (χ1n) is 7.00. The van der Waals surface area contributed by atoms with Gasteiger partial charge in [0.1, 0.15) is 11.9 Å². The van der Waals surface area contributed by atoms with E-state index in [2.05, 4.69) is 44.1 Å². The van der Waals surface area contributed by atoms with Crippen LogP contribution in [0.15, 0.2) is 27.1 Å². The third-order valence-electron chi connectivity index (χ3n) is 3.52. The molecule has 0 aromatic heterocycles. The van der Waals surface area contributed by atoms with Crippen LogP contribution < -0.4 is 10.1 Å². The number of benzene rings is 1. The van der Waals surface area contributed by atoms with Crippen LogP contribution in [-0.4, -0.2) is 18.7 Å². The molecule has 2 nitrogen and oxygen atoms in total. The van der Waals surface area contributed by atoms with Crippen molar-refractivity contribution in [3.8, 4) is 5.75 Å². The maximum Gasteiger partial charge on any atom is 0.134 e. The monoisotopic (exact) mass is 389 g/mol. The van der Waals surface area contributed by atoms with Crippen LogP contribution in [0.25, 0.3) is 0 Å². The summed E-state index contributed by atoms with van der Waals surface area (Å²) < 4.78 is 8.01. The van der Waals surface area contributed by atoms with Gasteiger partial charge >= 0.3 is 0 Å². The van der Waals surface area contributed by atoms with Gasteiger partial charge in [0.05, 0.1) is 4.47 Å². The zero-order chi connectivity index (χ0) is 13.7. The molecule has 1 aliphatic rings. The second-order valence-corrected chi connectivity index (χ2v) is 7.02. The maximum absolute atomic E-state index is 5.96. The maximum atomic E-state index is 5.96. The molecule has 0 spiro atoms. The van der Waals surface area contributed by atoms with Crippen molar-refractivity contribution in [2.75, 3.05) is 6.54 Å². The number of ether oxygens (including phenoxy) is 1. The molecule has 0 bridgehead atoms. The molecule has 1 aliphatic carbocycles. The van der Waals surface area contributed by atoms with Gasteiger partial charge in [-0.2, -0.15) is 0 Å². The Labute approximate surface area is 132 Å². The van der Waals surface area contributed by atoms with Crippen molar-refractivity contribution < 1.29 is 4.74 Å². The van der Waals surface area contributed by atoms with Gasteiger partial charge in [-0.3, -0.25) is 0 Å². The summed E-state index contributed by atoms with van der Waals surface area (Å²) in [5, 5.41) is 3.62. The van der Waals surface area contributed by atoms with Crippen LogP contribution in [-0.2, 0) is 0 Å². The lowest BCUT2D eigenvalue weighted by molar-refractivity contribution is 0.204. The lowest BCUT2D eigenvalue weighted by Gasteiger charge is -2.25. The number of hydrogen-bond acceptors (Lipinski definition) is 2. The van der Waals surface area contributed by atoms with Gasteiger partial charge < -0.3 is 10.1 Å². The van der Waals surface area contributed by atoms with Gasteiger partial charge in [-0.1, -0.05) is 35.2 Å². The molecule has 1 atom stereocenters. The molecule has 1 fully saturated rings. The van der Waals surface area contributed by atoms with Crippen LogP contribution in [0.2, 0.25) is 0 Å².